The zero-order valence-electron chi connectivity index (χ0n) is 13.3. The third-order valence-corrected chi connectivity index (χ3v) is 5.13. The highest BCUT2D eigenvalue weighted by atomic mass is 32.1. The first-order valence-corrected chi connectivity index (χ1v) is 8.95. The molecule has 1 atom stereocenters. The van der Waals surface area contributed by atoms with Crippen molar-refractivity contribution in [1.29, 1.82) is 0 Å². The third-order valence-electron chi connectivity index (χ3n) is 4.20. The average Bonchev–Trinajstić information content (AvgIpc) is 3.31. The molecule has 0 radical (unpaired) electrons. The minimum atomic E-state index is 0.0765. The van der Waals surface area contributed by atoms with Gasteiger partial charge in [0.1, 0.15) is 6.04 Å². The molecule has 6 nitrogen and oxygen atoms in total. The Morgan fingerprint density at radius 3 is 2.67 bits per heavy atom. The fraction of sp³-hybridized carbons (Fsp3) is 0.353. The summed E-state index contributed by atoms with van der Waals surface area (Å²) in [4.78, 5) is 3.67. The molecule has 4 rings (SSSR count). The summed E-state index contributed by atoms with van der Waals surface area (Å²) in [6, 6.07) is 14.6. The van der Waals surface area contributed by atoms with E-state index in [4.69, 9.17) is 4.74 Å². The predicted molar refractivity (Wildman–Crippen MR) is 91.9 cm³/mol. The normalized spacial score (nSPS) is 17.0. The molecule has 2 aromatic heterocycles. The Morgan fingerprint density at radius 1 is 1.08 bits per heavy atom. The van der Waals surface area contributed by atoms with E-state index < -0.39 is 0 Å². The summed E-state index contributed by atoms with van der Waals surface area (Å²) in [7, 11) is 0. The molecule has 24 heavy (non-hydrogen) atoms. The molecule has 0 unspecified atom stereocenters. The number of rotatable bonds is 5. The second kappa shape index (κ2) is 7.21. The van der Waals surface area contributed by atoms with Crippen LogP contribution in [0.25, 0.3) is 0 Å². The van der Waals surface area contributed by atoms with Crippen molar-refractivity contribution in [3.05, 3.63) is 64.1 Å². The fourth-order valence-electron chi connectivity index (χ4n) is 3.03. The highest BCUT2D eigenvalue weighted by Crippen LogP contribution is 2.31. The van der Waals surface area contributed by atoms with E-state index in [1.165, 1.54) is 10.4 Å². The molecular weight excluding hydrogens is 322 g/mol. The molecule has 0 bridgehead atoms. The minimum absolute atomic E-state index is 0.0765. The Labute approximate surface area is 144 Å². The minimum Gasteiger partial charge on any atom is -0.379 e. The van der Waals surface area contributed by atoms with Crippen molar-refractivity contribution in [2.45, 2.75) is 12.6 Å². The Balaban J connectivity index is 1.67. The van der Waals surface area contributed by atoms with Gasteiger partial charge in [-0.05, 0) is 27.4 Å². The molecule has 0 spiro atoms. The predicted octanol–water partition coefficient (Wildman–Crippen LogP) is 2.20. The Kier molecular flexibility index (Phi) is 4.64. The fourth-order valence-corrected chi connectivity index (χ4v) is 3.88. The Bertz CT molecular complexity index is 752. The van der Waals surface area contributed by atoms with Gasteiger partial charge in [-0.1, -0.05) is 36.4 Å². The van der Waals surface area contributed by atoms with Crippen LogP contribution >= 0.6 is 11.3 Å². The lowest BCUT2D eigenvalue weighted by atomic mass is 10.1. The van der Waals surface area contributed by atoms with Crippen LogP contribution < -0.4 is 0 Å². The second-order valence-corrected chi connectivity index (χ2v) is 6.73. The molecule has 7 heteroatoms. The molecule has 0 saturated carbocycles. The van der Waals surface area contributed by atoms with Crippen molar-refractivity contribution in [1.82, 2.24) is 25.1 Å². The number of hydrogen-bond acceptors (Lipinski definition) is 6. The van der Waals surface area contributed by atoms with Crippen molar-refractivity contribution >= 4 is 11.3 Å². The van der Waals surface area contributed by atoms with Crippen molar-refractivity contribution < 1.29 is 4.74 Å². The van der Waals surface area contributed by atoms with Crippen molar-refractivity contribution in [2.24, 2.45) is 0 Å². The quantitative estimate of drug-likeness (QED) is 0.712. The van der Waals surface area contributed by atoms with Crippen LogP contribution in [0.15, 0.2) is 47.8 Å². The van der Waals surface area contributed by atoms with Gasteiger partial charge < -0.3 is 4.74 Å². The first kappa shape index (κ1) is 15.4. The maximum Gasteiger partial charge on any atom is 0.174 e. The van der Waals surface area contributed by atoms with Crippen LogP contribution in [0.4, 0.5) is 0 Å². The van der Waals surface area contributed by atoms with Crippen LogP contribution in [0, 0.1) is 0 Å². The van der Waals surface area contributed by atoms with Crippen LogP contribution in [0.2, 0.25) is 0 Å². The lowest BCUT2D eigenvalue weighted by Crippen LogP contribution is -2.40. The van der Waals surface area contributed by atoms with Crippen LogP contribution in [0.3, 0.4) is 0 Å². The number of nitrogens with zero attached hydrogens (tertiary/aromatic N) is 5. The summed E-state index contributed by atoms with van der Waals surface area (Å²) >= 11 is 1.75. The zero-order valence-corrected chi connectivity index (χ0v) is 14.1. The number of aromatic nitrogens is 4. The lowest BCUT2D eigenvalue weighted by Gasteiger charge is -2.33. The molecule has 0 N–H and O–H groups in total. The molecule has 0 amide bonds. The molecule has 1 saturated heterocycles. The van der Waals surface area contributed by atoms with E-state index in [1.807, 2.05) is 22.9 Å². The maximum absolute atomic E-state index is 5.51. The van der Waals surface area contributed by atoms with Gasteiger partial charge in [0, 0.05) is 18.0 Å². The lowest BCUT2D eigenvalue weighted by molar-refractivity contribution is 0.0223. The van der Waals surface area contributed by atoms with Crippen LogP contribution in [-0.2, 0) is 11.3 Å². The van der Waals surface area contributed by atoms with Gasteiger partial charge in [0.25, 0.3) is 0 Å². The van der Waals surface area contributed by atoms with Crippen molar-refractivity contribution in [2.75, 3.05) is 26.3 Å². The first-order chi connectivity index (χ1) is 11.9. The standard InChI is InChI=1S/C17H19N5OS/c1-2-5-14(6-3-1)13-22-17(18-19-20-22)16(15-7-4-12-24-15)21-8-10-23-11-9-21/h1-7,12,16H,8-11,13H2/t16-/m1/s1. The number of thiophene rings is 1. The summed E-state index contributed by atoms with van der Waals surface area (Å²) < 4.78 is 7.43. The number of tetrazole rings is 1. The first-order valence-electron chi connectivity index (χ1n) is 8.07. The van der Waals surface area contributed by atoms with E-state index in [1.54, 1.807) is 11.3 Å². The Morgan fingerprint density at radius 2 is 1.92 bits per heavy atom. The summed E-state index contributed by atoms with van der Waals surface area (Å²) in [5, 5.41) is 14.7. The molecule has 3 heterocycles. The third kappa shape index (κ3) is 3.24. The molecule has 0 aliphatic carbocycles. The van der Waals surface area contributed by atoms with Crippen molar-refractivity contribution in [3.63, 3.8) is 0 Å². The summed E-state index contributed by atoms with van der Waals surface area (Å²) in [5.41, 5.74) is 1.19. The molecule has 1 aliphatic rings. The van der Waals surface area contributed by atoms with Crippen LogP contribution in [-0.4, -0.2) is 51.4 Å². The maximum atomic E-state index is 5.51. The van der Waals surface area contributed by atoms with E-state index in [0.29, 0.717) is 6.54 Å². The molecule has 1 fully saturated rings. The van der Waals surface area contributed by atoms with Crippen LogP contribution in [0.5, 0.6) is 0 Å². The van der Waals surface area contributed by atoms with Gasteiger partial charge in [-0.15, -0.1) is 16.4 Å². The number of ether oxygens (including phenoxy) is 1. The molecule has 1 aromatic carbocycles. The summed E-state index contributed by atoms with van der Waals surface area (Å²) in [6.07, 6.45) is 0. The van der Waals surface area contributed by atoms with Gasteiger partial charge in [-0.2, -0.15) is 0 Å². The molecule has 1 aliphatic heterocycles. The van der Waals surface area contributed by atoms with Gasteiger partial charge >= 0.3 is 0 Å². The van der Waals surface area contributed by atoms with Gasteiger partial charge in [0.15, 0.2) is 5.82 Å². The molecule has 3 aromatic rings. The van der Waals surface area contributed by atoms with E-state index in [0.717, 1.165) is 32.1 Å². The second-order valence-electron chi connectivity index (χ2n) is 5.75. The van der Waals surface area contributed by atoms with Gasteiger partial charge in [-0.25, -0.2) is 4.68 Å². The molecule has 124 valence electrons. The smallest absolute Gasteiger partial charge is 0.174 e. The van der Waals surface area contributed by atoms with Gasteiger partial charge in [0.2, 0.25) is 0 Å². The van der Waals surface area contributed by atoms with E-state index >= 15 is 0 Å². The highest BCUT2D eigenvalue weighted by Gasteiger charge is 2.29. The van der Waals surface area contributed by atoms with Crippen molar-refractivity contribution in [3.8, 4) is 0 Å². The van der Waals surface area contributed by atoms with Crippen LogP contribution in [0.1, 0.15) is 22.3 Å². The largest absolute Gasteiger partial charge is 0.379 e. The van der Waals surface area contributed by atoms with E-state index in [2.05, 4.69) is 50.1 Å². The summed E-state index contributed by atoms with van der Waals surface area (Å²) in [6.45, 7) is 3.96. The SMILES string of the molecule is c1ccc(Cn2nnnc2[C@@H](c2cccs2)N2CCOCC2)cc1. The monoisotopic (exact) mass is 341 g/mol. The van der Waals surface area contributed by atoms with E-state index in [9.17, 15) is 0 Å². The number of benzene rings is 1. The van der Waals surface area contributed by atoms with Gasteiger partial charge in [-0.3, -0.25) is 4.90 Å². The average molecular weight is 341 g/mol. The number of morpholine rings is 1. The highest BCUT2D eigenvalue weighted by molar-refractivity contribution is 7.10. The Hall–Kier alpha value is -2.09. The number of hydrogen-bond donors (Lipinski definition) is 0. The topological polar surface area (TPSA) is 56.1 Å². The van der Waals surface area contributed by atoms with Gasteiger partial charge in [0.05, 0.1) is 19.8 Å². The van der Waals surface area contributed by atoms with E-state index in [-0.39, 0.29) is 6.04 Å². The molecular formula is C17H19N5OS. The zero-order chi connectivity index (χ0) is 16.2. The summed E-state index contributed by atoms with van der Waals surface area (Å²) in [5.74, 6) is 0.892.